The topological polar surface area (TPSA) is 69.7 Å². The van der Waals surface area contributed by atoms with Gasteiger partial charge >= 0.3 is 6.03 Å². The van der Waals surface area contributed by atoms with Crippen molar-refractivity contribution < 1.29 is 14.4 Å². The van der Waals surface area contributed by atoms with Crippen molar-refractivity contribution in [3.8, 4) is 0 Å². The van der Waals surface area contributed by atoms with E-state index in [9.17, 15) is 14.4 Å². The first-order valence-corrected chi connectivity index (χ1v) is 9.01. The number of urea groups is 1. The molecule has 2 aliphatic heterocycles. The van der Waals surface area contributed by atoms with Crippen LogP contribution in [0.4, 0.5) is 4.79 Å². The number of likely N-dealkylation sites (tertiary alicyclic amines) is 1. The third-order valence-electron chi connectivity index (χ3n) is 5.85. The zero-order valence-electron chi connectivity index (χ0n) is 14.5. The Hall–Kier alpha value is -2.37. The first kappa shape index (κ1) is 16.1. The second-order valence-electron chi connectivity index (χ2n) is 7.45. The molecule has 1 aliphatic carbocycles. The van der Waals surface area contributed by atoms with E-state index >= 15 is 0 Å². The molecule has 0 bridgehead atoms. The van der Waals surface area contributed by atoms with Crippen LogP contribution in [-0.4, -0.2) is 47.3 Å². The van der Waals surface area contributed by atoms with Crippen molar-refractivity contribution >= 4 is 17.8 Å². The lowest BCUT2D eigenvalue weighted by molar-refractivity contribution is -0.139. The summed E-state index contributed by atoms with van der Waals surface area (Å²) in [6.07, 6.45) is 3.27. The first-order chi connectivity index (χ1) is 12.0. The molecule has 1 spiro atoms. The van der Waals surface area contributed by atoms with Gasteiger partial charge in [-0.05, 0) is 42.7 Å². The van der Waals surface area contributed by atoms with Gasteiger partial charge in [-0.2, -0.15) is 0 Å². The Morgan fingerprint density at radius 2 is 1.96 bits per heavy atom. The van der Waals surface area contributed by atoms with Crippen LogP contribution in [0.2, 0.25) is 0 Å². The van der Waals surface area contributed by atoms with Gasteiger partial charge < -0.3 is 10.2 Å². The SMILES string of the molecule is CC1CCN(C(=O)CN2C(=O)N[C@]3(CCc4ccccc43)C2=O)CC1. The summed E-state index contributed by atoms with van der Waals surface area (Å²) in [5.41, 5.74) is 0.981. The fraction of sp³-hybridized carbons (Fsp3) is 0.526. The molecule has 132 valence electrons. The Morgan fingerprint density at radius 1 is 1.24 bits per heavy atom. The van der Waals surface area contributed by atoms with Crippen molar-refractivity contribution in [1.82, 2.24) is 15.1 Å². The quantitative estimate of drug-likeness (QED) is 0.832. The van der Waals surface area contributed by atoms with E-state index in [0.717, 1.165) is 35.3 Å². The highest BCUT2D eigenvalue weighted by Crippen LogP contribution is 2.41. The molecule has 1 aromatic carbocycles. The van der Waals surface area contributed by atoms with Gasteiger partial charge in [0.05, 0.1) is 0 Å². The average molecular weight is 341 g/mol. The number of hydrogen-bond donors (Lipinski definition) is 1. The number of piperidine rings is 1. The Bertz CT molecular complexity index is 739. The lowest BCUT2D eigenvalue weighted by atomic mass is 9.92. The molecule has 3 aliphatic rings. The minimum Gasteiger partial charge on any atom is -0.341 e. The summed E-state index contributed by atoms with van der Waals surface area (Å²) in [6.45, 7) is 3.43. The fourth-order valence-electron chi connectivity index (χ4n) is 4.23. The van der Waals surface area contributed by atoms with Crippen LogP contribution in [0.1, 0.15) is 37.3 Å². The number of fused-ring (bicyclic) bond motifs is 2. The summed E-state index contributed by atoms with van der Waals surface area (Å²) < 4.78 is 0. The number of rotatable bonds is 2. The smallest absolute Gasteiger partial charge is 0.325 e. The Labute approximate surface area is 147 Å². The number of carbonyl (C=O) groups is 3. The highest BCUT2D eigenvalue weighted by Gasteiger charge is 2.55. The van der Waals surface area contributed by atoms with Gasteiger partial charge in [-0.1, -0.05) is 31.2 Å². The molecule has 0 aromatic heterocycles. The monoisotopic (exact) mass is 341 g/mol. The van der Waals surface area contributed by atoms with Crippen molar-refractivity contribution in [3.63, 3.8) is 0 Å². The maximum Gasteiger partial charge on any atom is 0.325 e. The number of carbonyl (C=O) groups excluding carboxylic acids is 3. The summed E-state index contributed by atoms with van der Waals surface area (Å²) in [6, 6.07) is 7.26. The Kier molecular flexibility index (Phi) is 3.78. The molecular formula is C19H23N3O3. The summed E-state index contributed by atoms with van der Waals surface area (Å²) in [4.78, 5) is 40.9. The van der Waals surface area contributed by atoms with Crippen LogP contribution < -0.4 is 5.32 Å². The highest BCUT2D eigenvalue weighted by molar-refractivity contribution is 6.09. The summed E-state index contributed by atoms with van der Waals surface area (Å²) in [7, 11) is 0. The number of hydrogen-bond acceptors (Lipinski definition) is 3. The second-order valence-corrected chi connectivity index (χ2v) is 7.45. The van der Waals surface area contributed by atoms with Gasteiger partial charge in [0.15, 0.2) is 0 Å². The van der Waals surface area contributed by atoms with Gasteiger partial charge in [-0.15, -0.1) is 0 Å². The number of nitrogens with zero attached hydrogens (tertiary/aromatic N) is 2. The predicted molar refractivity (Wildman–Crippen MR) is 91.7 cm³/mol. The normalized spacial score (nSPS) is 26.3. The lowest BCUT2D eigenvalue weighted by Crippen LogP contribution is -2.46. The van der Waals surface area contributed by atoms with Crippen molar-refractivity contribution in [2.24, 2.45) is 5.92 Å². The molecule has 1 aromatic rings. The Balaban J connectivity index is 1.52. The molecule has 2 heterocycles. The van der Waals surface area contributed by atoms with Gasteiger partial charge in [0.25, 0.3) is 5.91 Å². The van der Waals surface area contributed by atoms with Crippen molar-refractivity contribution in [1.29, 1.82) is 0 Å². The Morgan fingerprint density at radius 3 is 2.72 bits per heavy atom. The molecule has 0 radical (unpaired) electrons. The maximum atomic E-state index is 13.0. The average Bonchev–Trinajstić information content (AvgIpc) is 3.09. The number of nitrogens with one attached hydrogen (secondary N) is 1. The lowest BCUT2D eigenvalue weighted by Gasteiger charge is -2.31. The number of imide groups is 1. The molecule has 2 saturated heterocycles. The van der Waals surface area contributed by atoms with Crippen molar-refractivity contribution in [2.45, 2.75) is 38.1 Å². The summed E-state index contributed by atoms with van der Waals surface area (Å²) in [5, 5.41) is 2.87. The van der Waals surface area contributed by atoms with E-state index in [2.05, 4.69) is 12.2 Å². The molecule has 1 N–H and O–H groups in total. The van der Waals surface area contributed by atoms with E-state index in [1.54, 1.807) is 4.90 Å². The molecule has 1 atom stereocenters. The maximum absolute atomic E-state index is 13.0. The zero-order valence-corrected chi connectivity index (χ0v) is 14.5. The van der Waals surface area contributed by atoms with Gasteiger partial charge in [0.1, 0.15) is 12.1 Å². The predicted octanol–water partition coefficient (Wildman–Crippen LogP) is 1.64. The highest BCUT2D eigenvalue weighted by atomic mass is 16.2. The van der Waals surface area contributed by atoms with Crippen LogP contribution in [0.5, 0.6) is 0 Å². The third kappa shape index (κ3) is 2.51. The van der Waals surface area contributed by atoms with E-state index in [1.807, 2.05) is 24.3 Å². The molecule has 4 rings (SSSR count). The van der Waals surface area contributed by atoms with E-state index in [1.165, 1.54) is 0 Å². The zero-order chi connectivity index (χ0) is 17.6. The van der Waals surface area contributed by atoms with E-state index in [4.69, 9.17) is 0 Å². The molecule has 2 fully saturated rings. The van der Waals surface area contributed by atoms with Crippen LogP contribution in [0, 0.1) is 5.92 Å². The molecule has 0 unspecified atom stereocenters. The molecule has 0 saturated carbocycles. The second kappa shape index (κ2) is 5.86. The molecule has 6 heteroatoms. The van der Waals surface area contributed by atoms with E-state index in [-0.39, 0.29) is 18.4 Å². The van der Waals surface area contributed by atoms with Crippen LogP contribution in [0.25, 0.3) is 0 Å². The van der Waals surface area contributed by atoms with E-state index < -0.39 is 11.6 Å². The van der Waals surface area contributed by atoms with Crippen LogP contribution in [0.15, 0.2) is 24.3 Å². The van der Waals surface area contributed by atoms with Crippen LogP contribution in [0.3, 0.4) is 0 Å². The molecule has 4 amide bonds. The fourth-order valence-corrected chi connectivity index (χ4v) is 4.23. The molecule has 25 heavy (non-hydrogen) atoms. The van der Waals surface area contributed by atoms with Gasteiger partial charge in [-0.3, -0.25) is 14.5 Å². The van der Waals surface area contributed by atoms with Crippen molar-refractivity contribution in [2.75, 3.05) is 19.6 Å². The van der Waals surface area contributed by atoms with Crippen molar-refractivity contribution in [3.05, 3.63) is 35.4 Å². The molecule has 6 nitrogen and oxygen atoms in total. The number of amides is 4. The largest absolute Gasteiger partial charge is 0.341 e. The van der Waals surface area contributed by atoms with Gasteiger partial charge in [-0.25, -0.2) is 4.79 Å². The van der Waals surface area contributed by atoms with Crippen LogP contribution >= 0.6 is 0 Å². The molecular weight excluding hydrogens is 318 g/mol. The first-order valence-electron chi connectivity index (χ1n) is 9.01. The van der Waals surface area contributed by atoms with Gasteiger partial charge in [0.2, 0.25) is 5.91 Å². The minimum atomic E-state index is -0.982. The number of aryl methyl sites for hydroxylation is 1. The standard InChI is InChI=1S/C19H23N3O3/c1-13-7-10-21(11-8-13)16(23)12-22-17(24)19(20-18(22)25)9-6-14-4-2-3-5-15(14)19/h2-5,13H,6-12H2,1H3,(H,20,25)/t19-/m0/s1. The minimum absolute atomic E-state index is 0.140. The number of benzene rings is 1. The third-order valence-corrected chi connectivity index (χ3v) is 5.85. The summed E-state index contributed by atoms with van der Waals surface area (Å²) >= 11 is 0. The summed E-state index contributed by atoms with van der Waals surface area (Å²) in [5.74, 6) is 0.193. The van der Waals surface area contributed by atoms with Gasteiger partial charge in [0, 0.05) is 13.1 Å². The van der Waals surface area contributed by atoms with E-state index in [0.29, 0.717) is 25.4 Å². The van der Waals surface area contributed by atoms with Crippen LogP contribution in [-0.2, 0) is 21.5 Å².